The Hall–Kier alpha value is -1.31. The van der Waals surface area contributed by atoms with Crippen molar-refractivity contribution >= 4 is 5.78 Å². The molecule has 2 atom stereocenters. The topological polar surface area (TPSA) is 26.3 Å². The van der Waals surface area contributed by atoms with Gasteiger partial charge in [0.05, 0.1) is 7.11 Å². The third-order valence-electron chi connectivity index (χ3n) is 3.05. The van der Waals surface area contributed by atoms with Gasteiger partial charge >= 0.3 is 0 Å². The summed E-state index contributed by atoms with van der Waals surface area (Å²) in [5.74, 6) is 1.95. The fraction of sp³-hybridized carbons (Fsp3) is 0.364. The zero-order valence-corrected chi connectivity index (χ0v) is 7.41. The van der Waals surface area contributed by atoms with Gasteiger partial charge in [0.1, 0.15) is 5.75 Å². The van der Waals surface area contributed by atoms with Gasteiger partial charge < -0.3 is 4.74 Å². The van der Waals surface area contributed by atoms with Crippen LogP contribution in [0.3, 0.4) is 0 Å². The molecule has 1 aromatic rings. The highest BCUT2D eigenvalue weighted by molar-refractivity contribution is 6.06. The number of benzene rings is 1. The molecule has 0 aromatic heterocycles. The summed E-state index contributed by atoms with van der Waals surface area (Å²) in [5, 5.41) is 0. The van der Waals surface area contributed by atoms with Crippen molar-refractivity contribution in [1.82, 2.24) is 0 Å². The Labute approximate surface area is 76.5 Å². The van der Waals surface area contributed by atoms with Crippen molar-refractivity contribution in [3.8, 4) is 5.75 Å². The van der Waals surface area contributed by atoms with Gasteiger partial charge in [-0.05, 0) is 30.0 Å². The van der Waals surface area contributed by atoms with Crippen LogP contribution in [0.4, 0.5) is 0 Å². The monoisotopic (exact) mass is 174 g/mol. The summed E-state index contributed by atoms with van der Waals surface area (Å²) in [4.78, 5) is 11.7. The highest BCUT2D eigenvalue weighted by atomic mass is 16.5. The molecule has 0 saturated heterocycles. The summed E-state index contributed by atoms with van der Waals surface area (Å²) in [6.45, 7) is 0. The van der Waals surface area contributed by atoms with E-state index in [2.05, 4.69) is 0 Å². The second-order valence-electron chi connectivity index (χ2n) is 3.77. The molecular weight excluding hydrogens is 164 g/mol. The molecule has 13 heavy (non-hydrogen) atoms. The van der Waals surface area contributed by atoms with Crippen molar-refractivity contribution < 1.29 is 9.53 Å². The average molecular weight is 174 g/mol. The quantitative estimate of drug-likeness (QED) is 0.650. The van der Waals surface area contributed by atoms with E-state index >= 15 is 0 Å². The van der Waals surface area contributed by atoms with Crippen LogP contribution in [0.2, 0.25) is 0 Å². The summed E-state index contributed by atoms with van der Waals surface area (Å²) in [7, 11) is 1.63. The van der Waals surface area contributed by atoms with E-state index in [0.717, 1.165) is 17.7 Å². The van der Waals surface area contributed by atoms with Crippen molar-refractivity contribution in [2.45, 2.75) is 12.3 Å². The van der Waals surface area contributed by atoms with Crippen LogP contribution in [0.5, 0.6) is 5.75 Å². The molecule has 0 heterocycles. The molecule has 3 rings (SSSR count). The van der Waals surface area contributed by atoms with Crippen LogP contribution in [-0.4, -0.2) is 12.9 Å². The maximum atomic E-state index is 11.7. The summed E-state index contributed by atoms with van der Waals surface area (Å²) < 4.78 is 5.09. The van der Waals surface area contributed by atoms with Gasteiger partial charge in [-0.3, -0.25) is 4.79 Å². The maximum Gasteiger partial charge on any atom is 0.167 e. The van der Waals surface area contributed by atoms with Crippen molar-refractivity contribution in [2.24, 2.45) is 5.92 Å². The normalized spacial score (nSPS) is 28.2. The fourth-order valence-corrected chi connectivity index (χ4v) is 2.23. The smallest absolute Gasteiger partial charge is 0.167 e. The van der Waals surface area contributed by atoms with Crippen LogP contribution in [0.15, 0.2) is 18.2 Å². The minimum atomic E-state index is 0.308. The molecule has 1 fully saturated rings. The van der Waals surface area contributed by atoms with E-state index in [-0.39, 0.29) is 0 Å². The number of fused-ring (bicyclic) bond motifs is 3. The van der Waals surface area contributed by atoms with Gasteiger partial charge in [-0.1, -0.05) is 6.07 Å². The summed E-state index contributed by atoms with van der Waals surface area (Å²) in [6.07, 6.45) is 1.07. The lowest BCUT2D eigenvalue weighted by molar-refractivity contribution is 0.0974. The Morgan fingerprint density at radius 3 is 3.00 bits per heavy atom. The predicted octanol–water partition coefficient (Wildman–Crippen LogP) is 1.99. The minimum Gasteiger partial charge on any atom is -0.497 e. The van der Waals surface area contributed by atoms with Gasteiger partial charge in [-0.2, -0.15) is 0 Å². The van der Waals surface area contributed by atoms with E-state index in [1.54, 1.807) is 7.11 Å². The van der Waals surface area contributed by atoms with Crippen LogP contribution >= 0.6 is 0 Å². The van der Waals surface area contributed by atoms with E-state index in [9.17, 15) is 4.79 Å². The second-order valence-corrected chi connectivity index (χ2v) is 3.77. The fourth-order valence-electron chi connectivity index (χ4n) is 2.23. The van der Waals surface area contributed by atoms with E-state index in [1.165, 1.54) is 5.56 Å². The number of ketones is 1. The number of hydrogen-bond donors (Lipinski definition) is 0. The average Bonchev–Trinajstić information content (AvgIpc) is 2.91. The summed E-state index contributed by atoms with van der Waals surface area (Å²) in [6, 6.07) is 5.83. The highest BCUT2D eigenvalue weighted by Crippen LogP contribution is 2.56. The predicted molar refractivity (Wildman–Crippen MR) is 48.2 cm³/mol. The lowest BCUT2D eigenvalue weighted by Crippen LogP contribution is -1.98. The molecule has 0 unspecified atom stereocenters. The third kappa shape index (κ3) is 0.804. The Morgan fingerprint density at radius 1 is 1.38 bits per heavy atom. The summed E-state index contributed by atoms with van der Waals surface area (Å²) in [5.41, 5.74) is 2.12. The Bertz CT molecular complexity index is 395. The van der Waals surface area contributed by atoms with E-state index in [4.69, 9.17) is 4.74 Å². The standard InChI is InChI=1S/C11H10O2/c1-13-6-2-3-7-8-5-10(8)11(12)9(7)4-6/h2-4,8,10H,5H2,1H3/t8-,10-/m1/s1. The molecule has 0 N–H and O–H groups in total. The van der Waals surface area contributed by atoms with Gasteiger partial charge in [0.25, 0.3) is 0 Å². The lowest BCUT2D eigenvalue weighted by atomic mass is 10.1. The molecule has 66 valence electrons. The molecular formula is C11H10O2. The molecule has 2 aliphatic carbocycles. The molecule has 1 saturated carbocycles. The lowest BCUT2D eigenvalue weighted by Gasteiger charge is -2.04. The molecule has 0 spiro atoms. The van der Waals surface area contributed by atoms with Gasteiger partial charge in [0.15, 0.2) is 5.78 Å². The van der Waals surface area contributed by atoms with E-state index in [0.29, 0.717) is 17.6 Å². The summed E-state index contributed by atoms with van der Waals surface area (Å²) >= 11 is 0. The Kier molecular flexibility index (Phi) is 1.17. The van der Waals surface area contributed by atoms with Crippen LogP contribution in [-0.2, 0) is 0 Å². The van der Waals surface area contributed by atoms with Crippen molar-refractivity contribution in [3.05, 3.63) is 29.3 Å². The Morgan fingerprint density at radius 2 is 2.23 bits per heavy atom. The molecule has 1 aromatic carbocycles. The third-order valence-corrected chi connectivity index (χ3v) is 3.05. The zero-order chi connectivity index (χ0) is 9.00. The second kappa shape index (κ2) is 2.13. The van der Waals surface area contributed by atoms with Crippen molar-refractivity contribution in [1.29, 1.82) is 0 Å². The van der Waals surface area contributed by atoms with Crippen molar-refractivity contribution in [2.75, 3.05) is 7.11 Å². The molecule has 0 bridgehead atoms. The number of carbonyl (C=O) groups excluding carboxylic acids is 1. The van der Waals surface area contributed by atoms with Crippen molar-refractivity contribution in [3.63, 3.8) is 0 Å². The number of hydrogen-bond acceptors (Lipinski definition) is 2. The zero-order valence-electron chi connectivity index (χ0n) is 7.41. The van der Waals surface area contributed by atoms with Crippen LogP contribution in [0, 0.1) is 5.92 Å². The molecule has 2 nitrogen and oxygen atoms in total. The number of carbonyl (C=O) groups is 1. The Balaban J connectivity index is 2.16. The first kappa shape index (κ1) is 7.13. The molecule has 2 heteroatoms. The number of rotatable bonds is 1. The van der Waals surface area contributed by atoms with E-state index in [1.807, 2.05) is 18.2 Å². The minimum absolute atomic E-state index is 0.308. The van der Waals surface area contributed by atoms with Crippen LogP contribution in [0.25, 0.3) is 0 Å². The molecule has 0 aliphatic heterocycles. The molecule has 0 radical (unpaired) electrons. The largest absolute Gasteiger partial charge is 0.497 e. The van der Waals surface area contributed by atoms with Gasteiger partial charge in [-0.25, -0.2) is 0 Å². The van der Waals surface area contributed by atoms with Gasteiger partial charge in [0.2, 0.25) is 0 Å². The van der Waals surface area contributed by atoms with E-state index < -0.39 is 0 Å². The van der Waals surface area contributed by atoms with Crippen LogP contribution < -0.4 is 4.74 Å². The first-order valence-corrected chi connectivity index (χ1v) is 4.53. The molecule has 0 amide bonds. The first-order chi connectivity index (χ1) is 6.31. The van der Waals surface area contributed by atoms with Gasteiger partial charge in [0, 0.05) is 11.5 Å². The SMILES string of the molecule is COc1ccc2c(c1)C(=O)[C@@H]1C[C@H]21. The van der Waals surface area contributed by atoms with Gasteiger partial charge in [-0.15, -0.1) is 0 Å². The highest BCUT2D eigenvalue weighted by Gasteiger charge is 2.51. The number of Topliss-reactive ketones (excluding diaryl/α,β-unsaturated/α-hetero) is 1. The molecule has 2 aliphatic rings. The number of methoxy groups -OCH3 is 1. The number of ether oxygens (including phenoxy) is 1. The van der Waals surface area contributed by atoms with Crippen LogP contribution in [0.1, 0.15) is 28.3 Å². The maximum absolute atomic E-state index is 11.7. The first-order valence-electron chi connectivity index (χ1n) is 4.53.